The van der Waals surface area contributed by atoms with Crippen molar-refractivity contribution in [3.05, 3.63) is 12.2 Å². The van der Waals surface area contributed by atoms with Crippen molar-refractivity contribution in [2.45, 2.75) is 38.8 Å². The first-order valence-corrected chi connectivity index (χ1v) is 4.80. The Morgan fingerprint density at radius 1 is 1.67 bits per heavy atom. The Labute approximate surface area is 75.4 Å². The fourth-order valence-corrected chi connectivity index (χ4v) is 1.98. The number of likely N-dealkylation sites (tertiary alicyclic amines) is 1. The lowest BCUT2D eigenvalue weighted by atomic mass is 10.1. The lowest BCUT2D eigenvalue weighted by molar-refractivity contribution is 0.225. The second-order valence-electron chi connectivity index (χ2n) is 3.85. The number of rotatable bonds is 3. The topological polar surface area (TPSA) is 29.3 Å². The van der Waals surface area contributed by atoms with Crippen molar-refractivity contribution in [1.82, 2.24) is 4.90 Å². The Hall–Kier alpha value is -0.340. The molecule has 0 aromatic carbocycles. The fraction of sp³-hybridized carbons (Fsp3) is 0.800. The third kappa shape index (κ3) is 1.87. The van der Waals surface area contributed by atoms with Crippen molar-refractivity contribution in [3.63, 3.8) is 0 Å². The van der Waals surface area contributed by atoms with Crippen LogP contribution < -0.4 is 5.73 Å². The molecule has 0 spiro atoms. The van der Waals surface area contributed by atoms with Gasteiger partial charge in [-0.1, -0.05) is 6.58 Å². The smallest absolute Gasteiger partial charge is 0.0320 e. The summed E-state index contributed by atoms with van der Waals surface area (Å²) in [5.74, 6) is 0. The molecule has 0 aliphatic carbocycles. The van der Waals surface area contributed by atoms with Crippen molar-refractivity contribution in [3.8, 4) is 0 Å². The third-order valence-electron chi connectivity index (χ3n) is 2.69. The second kappa shape index (κ2) is 4.06. The first kappa shape index (κ1) is 9.75. The van der Waals surface area contributed by atoms with Gasteiger partial charge in [-0.2, -0.15) is 0 Å². The van der Waals surface area contributed by atoms with Gasteiger partial charge in [0.1, 0.15) is 0 Å². The predicted octanol–water partition coefficient (Wildman–Crippen LogP) is 1.37. The van der Waals surface area contributed by atoms with Gasteiger partial charge in [0.2, 0.25) is 0 Å². The van der Waals surface area contributed by atoms with Gasteiger partial charge >= 0.3 is 0 Å². The van der Waals surface area contributed by atoms with Crippen molar-refractivity contribution in [2.24, 2.45) is 5.73 Å². The summed E-state index contributed by atoms with van der Waals surface area (Å²) < 4.78 is 0. The van der Waals surface area contributed by atoms with Gasteiger partial charge in [-0.15, -0.1) is 0 Å². The minimum Gasteiger partial charge on any atom is -0.327 e. The minimum atomic E-state index is 0.551. The van der Waals surface area contributed by atoms with Crippen LogP contribution in [0.2, 0.25) is 0 Å². The van der Waals surface area contributed by atoms with E-state index in [4.69, 9.17) is 5.73 Å². The standard InChI is InChI=1S/C10H20N2/c1-8(2)12-6-4-5-10(12)9(3)7-11/h8,10H,3-7,11H2,1-2H3. The second-order valence-corrected chi connectivity index (χ2v) is 3.85. The number of nitrogens with two attached hydrogens (primary N) is 1. The zero-order chi connectivity index (χ0) is 9.14. The molecule has 0 radical (unpaired) electrons. The molecule has 1 saturated heterocycles. The van der Waals surface area contributed by atoms with E-state index in [0.717, 1.165) is 0 Å². The van der Waals surface area contributed by atoms with Crippen LogP contribution in [-0.4, -0.2) is 30.1 Å². The maximum Gasteiger partial charge on any atom is 0.0320 e. The van der Waals surface area contributed by atoms with Gasteiger partial charge < -0.3 is 5.73 Å². The van der Waals surface area contributed by atoms with Crippen LogP contribution in [0.15, 0.2) is 12.2 Å². The molecule has 1 heterocycles. The van der Waals surface area contributed by atoms with Crippen molar-refractivity contribution in [2.75, 3.05) is 13.1 Å². The Bertz CT molecular complexity index is 163. The van der Waals surface area contributed by atoms with Crippen molar-refractivity contribution < 1.29 is 0 Å². The Morgan fingerprint density at radius 2 is 2.33 bits per heavy atom. The molecule has 0 bridgehead atoms. The average Bonchev–Trinajstić information content (AvgIpc) is 2.50. The summed E-state index contributed by atoms with van der Waals surface area (Å²) in [4.78, 5) is 2.50. The molecular formula is C10H20N2. The molecule has 0 aromatic heterocycles. The van der Waals surface area contributed by atoms with E-state index in [1.165, 1.54) is 25.0 Å². The third-order valence-corrected chi connectivity index (χ3v) is 2.69. The SMILES string of the molecule is C=C(CN)C1CCCN1C(C)C. The van der Waals surface area contributed by atoms with Crippen LogP contribution in [0.3, 0.4) is 0 Å². The predicted molar refractivity (Wildman–Crippen MR) is 53.1 cm³/mol. The van der Waals surface area contributed by atoms with Gasteiger partial charge in [-0.3, -0.25) is 4.90 Å². The Kier molecular flexibility index (Phi) is 3.29. The summed E-state index contributed by atoms with van der Waals surface area (Å²) in [6.07, 6.45) is 2.54. The monoisotopic (exact) mass is 168 g/mol. The van der Waals surface area contributed by atoms with E-state index in [1.807, 2.05) is 0 Å². The zero-order valence-electron chi connectivity index (χ0n) is 8.21. The maximum atomic E-state index is 5.59. The first-order valence-electron chi connectivity index (χ1n) is 4.80. The van der Waals surface area contributed by atoms with Crippen LogP contribution >= 0.6 is 0 Å². The van der Waals surface area contributed by atoms with Gasteiger partial charge in [0.05, 0.1) is 0 Å². The molecule has 0 aromatic rings. The summed E-state index contributed by atoms with van der Waals surface area (Å²) in [6, 6.07) is 1.18. The van der Waals surface area contributed by atoms with E-state index in [2.05, 4.69) is 25.3 Å². The van der Waals surface area contributed by atoms with Gasteiger partial charge in [0, 0.05) is 18.6 Å². The highest BCUT2D eigenvalue weighted by molar-refractivity contribution is 5.10. The zero-order valence-corrected chi connectivity index (χ0v) is 8.21. The van der Waals surface area contributed by atoms with Gasteiger partial charge in [0.25, 0.3) is 0 Å². The molecule has 2 heteroatoms. The highest BCUT2D eigenvalue weighted by atomic mass is 15.2. The van der Waals surface area contributed by atoms with Crippen molar-refractivity contribution in [1.29, 1.82) is 0 Å². The largest absolute Gasteiger partial charge is 0.327 e. The summed E-state index contributed by atoms with van der Waals surface area (Å²) in [7, 11) is 0. The summed E-state index contributed by atoms with van der Waals surface area (Å²) >= 11 is 0. The average molecular weight is 168 g/mol. The van der Waals surface area contributed by atoms with Crippen molar-refractivity contribution >= 4 is 0 Å². The molecule has 2 N–H and O–H groups in total. The first-order chi connectivity index (χ1) is 5.66. The number of nitrogens with zero attached hydrogens (tertiary/aromatic N) is 1. The Balaban J connectivity index is 2.57. The molecule has 70 valence electrons. The quantitative estimate of drug-likeness (QED) is 0.645. The van der Waals surface area contributed by atoms with Crippen LogP contribution in [0, 0.1) is 0 Å². The number of hydrogen-bond donors (Lipinski definition) is 1. The van der Waals surface area contributed by atoms with Crippen LogP contribution in [-0.2, 0) is 0 Å². The van der Waals surface area contributed by atoms with Crippen LogP contribution in [0.4, 0.5) is 0 Å². The molecule has 0 saturated carbocycles. The van der Waals surface area contributed by atoms with E-state index in [9.17, 15) is 0 Å². The summed E-state index contributed by atoms with van der Waals surface area (Å²) in [5, 5.41) is 0. The fourth-order valence-electron chi connectivity index (χ4n) is 1.98. The van der Waals surface area contributed by atoms with E-state index >= 15 is 0 Å². The van der Waals surface area contributed by atoms with E-state index in [0.29, 0.717) is 18.6 Å². The van der Waals surface area contributed by atoms with Crippen LogP contribution in [0.25, 0.3) is 0 Å². The van der Waals surface area contributed by atoms with Crippen LogP contribution in [0.5, 0.6) is 0 Å². The molecular weight excluding hydrogens is 148 g/mol. The molecule has 1 aliphatic heterocycles. The molecule has 1 unspecified atom stereocenters. The number of hydrogen-bond acceptors (Lipinski definition) is 2. The summed E-state index contributed by atoms with van der Waals surface area (Å²) in [6.45, 7) is 10.3. The van der Waals surface area contributed by atoms with Crippen LogP contribution in [0.1, 0.15) is 26.7 Å². The highest BCUT2D eigenvalue weighted by Gasteiger charge is 2.27. The molecule has 12 heavy (non-hydrogen) atoms. The lowest BCUT2D eigenvalue weighted by Gasteiger charge is -2.29. The minimum absolute atomic E-state index is 0.551. The van der Waals surface area contributed by atoms with E-state index < -0.39 is 0 Å². The lowest BCUT2D eigenvalue weighted by Crippen LogP contribution is -2.37. The highest BCUT2D eigenvalue weighted by Crippen LogP contribution is 2.24. The molecule has 1 aliphatic rings. The molecule has 1 fully saturated rings. The van der Waals surface area contributed by atoms with E-state index in [-0.39, 0.29) is 0 Å². The molecule has 1 rings (SSSR count). The molecule has 0 amide bonds. The van der Waals surface area contributed by atoms with Gasteiger partial charge in [0.15, 0.2) is 0 Å². The Morgan fingerprint density at radius 3 is 2.83 bits per heavy atom. The van der Waals surface area contributed by atoms with Gasteiger partial charge in [-0.05, 0) is 38.8 Å². The molecule has 1 atom stereocenters. The molecule has 2 nitrogen and oxygen atoms in total. The van der Waals surface area contributed by atoms with E-state index in [1.54, 1.807) is 0 Å². The summed E-state index contributed by atoms with van der Waals surface area (Å²) in [5.41, 5.74) is 6.78. The normalized spacial score (nSPS) is 25.2. The maximum absolute atomic E-state index is 5.59. The van der Waals surface area contributed by atoms with Gasteiger partial charge in [-0.25, -0.2) is 0 Å².